The third kappa shape index (κ3) is 4.75. The summed E-state index contributed by atoms with van der Waals surface area (Å²) in [7, 11) is 0. The van der Waals surface area contributed by atoms with Gasteiger partial charge in [0.15, 0.2) is 0 Å². The molecule has 0 radical (unpaired) electrons. The summed E-state index contributed by atoms with van der Waals surface area (Å²) in [5, 5.41) is 22.9. The van der Waals surface area contributed by atoms with Gasteiger partial charge < -0.3 is 25.0 Å². The highest BCUT2D eigenvalue weighted by atomic mass is 16.5. The number of ether oxygens (including phenoxy) is 1. The Hall–Kier alpha value is -3.22. The van der Waals surface area contributed by atoms with Gasteiger partial charge in [-0.15, -0.1) is 0 Å². The first-order valence-electron chi connectivity index (χ1n) is 13.1. The molecule has 0 aromatic carbocycles. The van der Waals surface area contributed by atoms with Crippen LogP contribution in [0.25, 0.3) is 0 Å². The number of hydrogen-bond donors (Lipinski definition) is 2. The summed E-state index contributed by atoms with van der Waals surface area (Å²) in [6.07, 6.45) is 7.66. The zero-order chi connectivity index (χ0) is 24.6. The van der Waals surface area contributed by atoms with E-state index in [4.69, 9.17) is 9.72 Å². The van der Waals surface area contributed by atoms with Crippen LogP contribution in [0.2, 0.25) is 0 Å². The van der Waals surface area contributed by atoms with Gasteiger partial charge in [-0.05, 0) is 56.2 Å². The number of carbonyl (C=O) groups excluding carboxylic acids is 1. The lowest BCUT2D eigenvalue weighted by molar-refractivity contribution is -0.142. The van der Waals surface area contributed by atoms with Gasteiger partial charge in [0.25, 0.3) is 0 Å². The number of nitriles is 1. The van der Waals surface area contributed by atoms with Gasteiger partial charge in [0.1, 0.15) is 11.9 Å². The summed E-state index contributed by atoms with van der Waals surface area (Å²) >= 11 is 0. The lowest BCUT2D eigenvalue weighted by Gasteiger charge is -2.43. The van der Waals surface area contributed by atoms with Crippen molar-refractivity contribution in [3.8, 4) is 6.07 Å². The number of carbonyl (C=O) groups is 1. The molecule has 2 saturated carbocycles. The molecule has 2 aliphatic heterocycles. The molecule has 0 spiro atoms. The zero-order valence-electron chi connectivity index (χ0n) is 20.4. The van der Waals surface area contributed by atoms with Crippen molar-refractivity contribution in [1.29, 1.82) is 5.26 Å². The standard InChI is InChI=1S/C27H32N6O3/c28-14-19-11-23(30-20-5-7-29-21(12-20)16-34)26(18-3-4-18)31-27(19)32-8-9-33(24(15-32)17-1-2-17)25(35)13-22-6-10-36-22/h5,7,11-12,17-18,22,24,34H,1-4,6,8-10,13,15-16H2,(H,29,30). The Labute approximate surface area is 211 Å². The van der Waals surface area contributed by atoms with E-state index >= 15 is 0 Å². The van der Waals surface area contributed by atoms with Gasteiger partial charge in [-0.1, -0.05) is 0 Å². The second kappa shape index (κ2) is 9.68. The van der Waals surface area contributed by atoms with Crippen molar-refractivity contribution in [1.82, 2.24) is 14.9 Å². The maximum Gasteiger partial charge on any atom is 0.225 e. The number of anilines is 3. The largest absolute Gasteiger partial charge is 0.390 e. The van der Waals surface area contributed by atoms with Crippen molar-refractivity contribution in [3.63, 3.8) is 0 Å². The first kappa shape index (κ1) is 23.2. The van der Waals surface area contributed by atoms with E-state index in [0.717, 1.165) is 61.6 Å². The summed E-state index contributed by atoms with van der Waals surface area (Å²) in [5.74, 6) is 1.84. The highest BCUT2D eigenvalue weighted by Gasteiger charge is 2.42. The number of aliphatic hydroxyl groups is 1. The zero-order valence-corrected chi connectivity index (χ0v) is 20.4. The Morgan fingerprint density at radius 2 is 2.06 bits per heavy atom. The summed E-state index contributed by atoms with van der Waals surface area (Å²) in [6, 6.07) is 8.10. The monoisotopic (exact) mass is 488 g/mol. The fraction of sp³-hybridized carbons (Fsp3) is 0.556. The third-order valence-corrected chi connectivity index (χ3v) is 7.77. The molecule has 2 unspecified atom stereocenters. The number of amides is 1. The van der Waals surface area contributed by atoms with E-state index in [1.165, 1.54) is 0 Å². The van der Waals surface area contributed by atoms with Gasteiger partial charge in [-0.3, -0.25) is 9.78 Å². The van der Waals surface area contributed by atoms with Crippen LogP contribution in [0.4, 0.5) is 17.2 Å². The summed E-state index contributed by atoms with van der Waals surface area (Å²) in [5.41, 5.74) is 3.75. The van der Waals surface area contributed by atoms with Crippen molar-refractivity contribution < 1.29 is 14.6 Å². The molecule has 2 atom stereocenters. The Bertz CT molecular complexity index is 1180. The van der Waals surface area contributed by atoms with Crippen molar-refractivity contribution >= 4 is 23.1 Å². The van der Waals surface area contributed by atoms with E-state index < -0.39 is 0 Å². The maximum atomic E-state index is 13.1. The summed E-state index contributed by atoms with van der Waals surface area (Å²) < 4.78 is 5.51. The number of nitrogens with one attached hydrogen (secondary N) is 1. The molecule has 9 nitrogen and oxygen atoms in total. The molecule has 2 N–H and O–H groups in total. The molecule has 4 heterocycles. The van der Waals surface area contributed by atoms with Crippen molar-refractivity contribution in [2.45, 2.75) is 63.2 Å². The van der Waals surface area contributed by atoms with Crippen LogP contribution in [0, 0.1) is 17.2 Å². The molecule has 2 saturated heterocycles. The Morgan fingerprint density at radius 3 is 2.72 bits per heavy atom. The molecule has 188 valence electrons. The van der Waals surface area contributed by atoms with Gasteiger partial charge in [0.05, 0.1) is 47.8 Å². The predicted molar refractivity (Wildman–Crippen MR) is 134 cm³/mol. The first-order valence-corrected chi connectivity index (χ1v) is 13.1. The number of piperazine rings is 1. The molecule has 4 aliphatic rings. The highest BCUT2D eigenvalue weighted by Crippen LogP contribution is 2.45. The van der Waals surface area contributed by atoms with Gasteiger partial charge in [0, 0.05) is 44.0 Å². The van der Waals surface area contributed by atoms with Crippen LogP contribution in [0.1, 0.15) is 61.4 Å². The van der Waals surface area contributed by atoms with Crippen molar-refractivity contribution in [3.05, 3.63) is 41.3 Å². The van der Waals surface area contributed by atoms with Crippen molar-refractivity contribution in [2.24, 2.45) is 5.92 Å². The Kier molecular flexibility index (Phi) is 6.23. The Morgan fingerprint density at radius 1 is 1.22 bits per heavy atom. The summed E-state index contributed by atoms with van der Waals surface area (Å²) in [6.45, 7) is 2.67. The second-order valence-electron chi connectivity index (χ2n) is 10.4. The van der Waals surface area contributed by atoms with Gasteiger partial charge in [0.2, 0.25) is 5.91 Å². The van der Waals surface area contributed by atoms with Gasteiger partial charge in [-0.25, -0.2) is 4.98 Å². The number of pyridine rings is 2. The normalized spacial score (nSPS) is 23.7. The number of aliphatic hydroxyl groups excluding tert-OH is 1. The molecule has 9 heteroatoms. The van der Waals surface area contributed by atoms with E-state index in [9.17, 15) is 15.2 Å². The van der Waals surface area contributed by atoms with Crippen LogP contribution >= 0.6 is 0 Å². The molecule has 2 aliphatic carbocycles. The van der Waals surface area contributed by atoms with Crippen LogP contribution in [0.3, 0.4) is 0 Å². The molecule has 6 rings (SSSR count). The molecule has 1 amide bonds. The summed E-state index contributed by atoms with van der Waals surface area (Å²) in [4.78, 5) is 26.6. The van der Waals surface area contributed by atoms with E-state index in [1.54, 1.807) is 6.20 Å². The lowest BCUT2D eigenvalue weighted by atomic mass is 10.0. The molecule has 36 heavy (non-hydrogen) atoms. The van der Waals surface area contributed by atoms with Gasteiger partial charge >= 0.3 is 0 Å². The molecule has 2 aromatic heterocycles. The minimum atomic E-state index is -0.129. The minimum Gasteiger partial charge on any atom is -0.390 e. The smallest absolute Gasteiger partial charge is 0.225 e. The average molecular weight is 489 g/mol. The first-order chi connectivity index (χ1) is 17.6. The van der Waals surface area contributed by atoms with Gasteiger partial charge in [-0.2, -0.15) is 5.26 Å². The Balaban J connectivity index is 1.25. The number of rotatable bonds is 8. The molecular formula is C27H32N6O3. The van der Waals surface area contributed by atoms with Crippen LogP contribution in [-0.4, -0.2) is 64.3 Å². The minimum absolute atomic E-state index is 0.0808. The van der Waals surface area contributed by atoms with E-state index in [2.05, 4.69) is 26.2 Å². The van der Waals surface area contributed by atoms with E-state index in [0.29, 0.717) is 49.1 Å². The molecule has 4 fully saturated rings. The number of aromatic nitrogens is 2. The van der Waals surface area contributed by atoms with Crippen LogP contribution in [-0.2, 0) is 16.1 Å². The molecular weight excluding hydrogens is 456 g/mol. The third-order valence-electron chi connectivity index (χ3n) is 7.77. The SMILES string of the molecule is N#Cc1cc(Nc2ccnc(CO)c2)c(C2CC2)nc1N1CCN(C(=O)CC2CCO2)C(C2CC2)C1. The topological polar surface area (TPSA) is 115 Å². The van der Waals surface area contributed by atoms with Crippen LogP contribution < -0.4 is 10.2 Å². The van der Waals surface area contributed by atoms with E-state index in [-0.39, 0.29) is 24.7 Å². The lowest BCUT2D eigenvalue weighted by Crippen LogP contribution is -2.57. The fourth-order valence-electron chi connectivity index (χ4n) is 5.36. The van der Waals surface area contributed by atoms with E-state index in [1.807, 2.05) is 18.2 Å². The molecule has 0 bridgehead atoms. The maximum absolute atomic E-state index is 13.1. The second-order valence-corrected chi connectivity index (χ2v) is 10.4. The fourth-order valence-corrected chi connectivity index (χ4v) is 5.36. The predicted octanol–water partition coefficient (Wildman–Crippen LogP) is 3.07. The number of nitrogens with zero attached hydrogens (tertiary/aromatic N) is 5. The van der Waals surface area contributed by atoms with Crippen molar-refractivity contribution in [2.75, 3.05) is 36.5 Å². The molecule has 2 aromatic rings. The highest BCUT2D eigenvalue weighted by molar-refractivity contribution is 5.78. The number of hydrogen-bond acceptors (Lipinski definition) is 8. The average Bonchev–Trinajstić information content (AvgIpc) is 3.79. The van der Waals surface area contributed by atoms with Crippen LogP contribution in [0.5, 0.6) is 0 Å². The quantitative estimate of drug-likeness (QED) is 0.583. The van der Waals surface area contributed by atoms with Crippen LogP contribution in [0.15, 0.2) is 24.4 Å².